The van der Waals surface area contributed by atoms with Gasteiger partial charge in [0.25, 0.3) is 11.5 Å². The van der Waals surface area contributed by atoms with Crippen molar-refractivity contribution in [2.45, 2.75) is 58.4 Å². The number of hydrogen-bond donors (Lipinski definition) is 0. The molecule has 4 rings (SSSR count). The van der Waals surface area contributed by atoms with Gasteiger partial charge in [0.2, 0.25) is 0 Å². The Labute approximate surface area is 214 Å². The molecular formula is C25H30N4O4S2. The van der Waals surface area contributed by atoms with Crippen molar-refractivity contribution in [3.8, 4) is 6.07 Å². The first-order valence-corrected chi connectivity index (χ1v) is 13.3. The molecule has 0 aromatic carbocycles. The third kappa shape index (κ3) is 4.76. The molecule has 1 unspecified atom stereocenters. The molecule has 1 aromatic heterocycles. The second-order valence-corrected chi connectivity index (χ2v) is 10.9. The number of pyridine rings is 1. The van der Waals surface area contributed by atoms with Gasteiger partial charge in [-0.3, -0.25) is 23.9 Å². The van der Waals surface area contributed by atoms with Crippen LogP contribution in [0.3, 0.4) is 0 Å². The van der Waals surface area contributed by atoms with Gasteiger partial charge >= 0.3 is 5.97 Å². The zero-order valence-corrected chi connectivity index (χ0v) is 22.0. The van der Waals surface area contributed by atoms with Crippen molar-refractivity contribution >= 4 is 52.1 Å². The summed E-state index contributed by atoms with van der Waals surface area (Å²) in [6.45, 7) is 4.89. The van der Waals surface area contributed by atoms with Crippen molar-refractivity contribution in [2.75, 3.05) is 24.6 Å². The van der Waals surface area contributed by atoms with Crippen LogP contribution >= 0.6 is 24.0 Å². The Balaban J connectivity index is 1.78. The number of carbonyl (C=O) groups excluding carboxylic acids is 2. The fraction of sp³-hybridized carbons (Fsp3) is 0.560. The molecule has 0 radical (unpaired) electrons. The van der Waals surface area contributed by atoms with E-state index in [0.29, 0.717) is 52.3 Å². The maximum Gasteiger partial charge on any atom is 0.310 e. The first kappa shape index (κ1) is 25.5. The molecule has 186 valence electrons. The van der Waals surface area contributed by atoms with Crippen LogP contribution in [0.15, 0.2) is 9.70 Å². The standard InChI is InChI=1S/C25H30N4O4S2/c1-4-33-24(32)16-8-7-11-28(14-16)21-18(15(2)19(13-26)22(30)27(21)3)12-20-23(31)29(25(34)35-20)17-9-5-6-10-17/h12,16-17H,4-11,14H2,1-3H3/b20-12-. The molecule has 8 nitrogen and oxygen atoms in total. The number of esters is 1. The molecule has 2 saturated heterocycles. The van der Waals surface area contributed by atoms with Crippen molar-refractivity contribution < 1.29 is 14.3 Å². The third-order valence-electron chi connectivity index (χ3n) is 7.10. The molecule has 35 heavy (non-hydrogen) atoms. The fourth-order valence-corrected chi connectivity index (χ4v) is 6.69. The van der Waals surface area contributed by atoms with E-state index in [1.54, 1.807) is 31.9 Å². The number of anilines is 1. The summed E-state index contributed by atoms with van der Waals surface area (Å²) >= 11 is 6.83. The lowest BCUT2D eigenvalue weighted by atomic mass is 9.96. The number of hydrogen-bond acceptors (Lipinski definition) is 8. The predicted molar refractivity (Wildman–Crippen MR) is 140 cm³/mol. The largest absolute Gasteiger partial charge is 0.466 e. The minimum atomic E-state index is -0.395. The van der Waals surface area contributed by atoms with Gasteiger partial charge < -0.3 is 9.64 Å². The number of nitriles is 1. The van der Waals surface area contributed by atoms with E-state index >= 15 is 0 Å². The van der Waals surface area contributed by atoms with Gasteiger partial charge in [-0.1, -0.05) is 36.8 Å². The van der Waals surface area contributed by atoms with Crippen molar-refractivity contribution in [3.63, 3.8) is 0 Å². The number of carbonyl (C=O) groups is 2. The van der Waals surface area contributed by atoms with E-state index in [4.69, 9.17) is 17.0 Å². The van der Waals surface area contributed by atoms with Crippen LogP contribution in [-0.4, -0.2) is 51.4 Å². The summed E-state index contributed by atoms with van der Waals surface area (Å²) in [5, 5.41) is 9.70. The predicted octanol–water partition coefficient (Wildman–Crippen LogP) is 3.49. The van der Waals surface area contributed by atoms with Crippen LogP contribution in [0.25, 0.3) is 6.08 Å². The Morgan fingerprint density at radius 2 is 1.97 bits per heavy atom. The lowest BCUT2D eigenvalue weighted by Crippen LogP contribution is -2.42. The van der Waals surface area contributed by atoms with Gasteiger partial charge in [0.1, 0.15) is 21.8 Å². The molecule has 10 heteroatoms. The van der Waals surface area contributed by atoms with Crippen LogP contribution in [0.4, 0.5) is 5.82 Å². The van der Waals surface area contributed by atoms with E-state index in [9.17, 15) is 19.6 Å². The molecule has 1 aromatic rings. The average molecular weight is 515 g/mol. The summed E-state index contributed by atoms with van der Waals surface area (Å²) in [4.78, 5) is 43.1. The molecular weight excluding hydrogens is 484 g/mol. The summed E-state index contributed by atoms with van der Waals surface area (Å²) in [6, 6.07) is 2.17. The zero-order valence-electron chi connectivity index (χ0n) is 20.3. The Kier molecular flexibility index (Phi) is 7.67. The zero-order chi connectivity index (χ0) is 25.3. The summed E-state index contributed by atoms with van der Waals surface area (Å²) in [5.41, 5.74) is 0.816. The van der Waals surface area contributed by atoms with Crippen LogP contribution in [0, 0.1) is 24.2 Å². The minimum Gasteiger partial charge on any atom is -0.466 e. The highest BCUT2D eigenvalue weighted by Crippen LogP contribution is 2.39. The SMILES string of the molecule is CCOC(=O)C1CCCN(c2c(/C=C3\SC(=S)N(C4CCCC4)C3=O)c(C)c(C#N)c(=O)n2C)C1. The fourth-order valence-electron chi connectivity index (χ4n) is 5.30. The van der Waals surface area contributed by atoms with Crippen LogP contribution in [0.5, 0.6) is 0 Å². The maximum absolute atomic E-state index is 13.4. The molecule has 2 aliphatic heterocycles. The maximum atomic E-state index is 13.4. The van der Waals surface area contributed by atoms with Crippen LogP contribution in [0.1, 0.15) is 62.1 Å². The highest BCUT2D eigenvalue weighted by molar-refractivity contribution is 8.26. The Morgan fingerprint density at radius 1 is 1.26 bits per heavy atom. The number of amides is 1. The molecule has 0 N–H and O–H groups in total. The van der Waals surface area contributed by atoms with Crippen molar-refractivity contribution in [3.05, 3.63) is 31.9 Å². The minimum absolute atomic E-state index is 0.0488. The van der Waals surface area contributed by atoms with Gasteiger partial charge in [-0.05, 0) is 51.2 Å². The number of thioether (sulfide) groups is 1. The van der Waals surface area contributed by atoms with E-state index in [0.717, 1.165) is 32.1 Å². The molecule has 1 saturated carbocycles. The highest BCUT2D eigenvalue weighted by Gasteiger charge is 2.39. The number of rotatable bonds is 5. The average Bonchev–Trinajstić information content (AvgIpc) is 3.46. The summed E-state index contributed by atoms with van der Waals surface area (Å²) < 4.78 is 7.26. The topological polar surface area (TPSA) is 95.6 Å². The second kappa shape index (κ2) is 10.5. The van der Waals surface area contributed by atoms with Crippen LogP contribution in [0.2, 0.25) is 0 Å². The number of thiocarbonyl (C=S) groups is 1. The Morgan fingerprint density at radius 3 is 2.63 bits per heavy atom. The number of piperidine rings is 1. The van der Waals surface area contributed by atoms with Crippen molar-refractivity contribution in [2.24, 2.45) is 13.0 Å². The molecule has 0 spiro atoms. The van der Waals surface area contributed by atoms with Gasteiger partial charge in [-0.25, -0.2) is 0 Å². The lowest BCUT2D eigenvalue weighted by molar-refractivity contribution is -0.148. The van der Waals surface area contributed by atoms with Gasteiger partial charge in [0.15, 0.2) is 0 Å². The van der Waals surface area contributed by atoms with Crippen LogP contribution < -0.4 is 10.5 Å². The van der Waals surface area contributed by atoms with Crippen molar-refractivity contribution in [1.82, 2.24) is 9.47 Å². The highest BCUT2D eigenvalue weighted by atomic mass is 32.2. The molecule has 3 fully saturated rings. The molecule has 1 atom stereocenters. The van der Waals surface area contributed by atoms with Crippen LogP contribution in [-0.2, 0) is 21.4 Å². The monoisotopic (exact) mass is 514 g/mol. The smallest absolute Gasteiger partial charge is 0.310 e. The molecule has 1 aliphatic carbocycles. The Bertz CT molecular complexity index is 1190. The summed E-state index contributed by atoms with van der Waals surface area (Å²) in [5.74, 6) is -0.0611. The normalized spacial score (nSPS) is 22.2. The quantitative estimate of drug-likeness (QED) is 0.335. The lowest BCUT2D eigenvalue weighted by Gasteiger charge is -2.35. The second-order valence-electron chi connectivity index (χ2n) is 9.24. The van der Waals surface area contributed by atoms with E-state index < -0.39 is 5.56 Å². The van der Waals surface area contributed by atoms with Gasteiger partial charge in [-0.2, -0.15) is 5.26 Å². The van der Waals surface area contributed by atoms with Crippen molar-refractivity contribution in [1.29, 1.82) is 5.26 Å². The molecule has 1 amide bonds. The first-order valence-electron chi connectivity index (χ1n) is 12.1. The summed E-state index contributed by atoms with van der Waals surface area (Å²) in [7, 11) is 1.63. The van der Waals surface area contributed by atoms with Gasteiger partial charge in [0.05, 0.1) is 17.4 Å². The van der Waals surface area contributed by atoms with E-state index in [2.05, 4.69) is 0 Å². The summed E-state index contributed by atoms with van der Waals surface area (Å²) in [6.07, 6.45) is 7.33. The van der Waals surface area contributed by atoms with E-state index in [-0.39, 0.29) is 29.4 Å². The molecule has 3 heterocycles. The molecule has 3 aliphatic rings. The third-order valence-corrected chi connectivity index (χ3v) is 8.43. The van der Waals surface area contributed by atoms with E-state index in [1.807, 2.05) is 11.0 Å². The first-order chi connectivity index (χ1) is 16.8. The molecule has 0 bridgehead atoms. The number of nitrogens with zero attached hydrogens (tertiary/aromatic N) is 4. The Hall–Kier alpha value is -2.64. The number of aromatic nitrogens is 1. The number of ether oxygens (including phenoxy) is 1. The van der Waals surface area contributed by atoms with Gasteiger partial charge in [0, 0.05) is 31.7 Å². The van der Waals surface area contributed by atoms with Gasteiger partial charge in [-0.15, -0.1) is 0 Å². The van der Waals surface area contributed by atoms with E-state index in [1.165, 1.54) is 16.3 Å².